The number of carbonyl (C=O) groups excluding carboxylic acids is 3. The average Bonchev–Trinajstić information content (AvgIpc) is 3.16. The quantitative estimate of drug-likeness (QED) is 0.333. The number of aromatic nitrogens is 2. The number of nitrogens with zero attached hydrogens (tertiary/aromatic N) is 3. The van der Waals surface area contributed by atoms with Crippen molar-refractivity contribution in [2.45, 2.75) is 26.0 Å². The fourth-order valence-electron chi connectivity index (χ4n) is 3.91. The molecule has 1 saturated heterocycles. The topological polar surface area (TPSA) is 115 Å². The zero-order valence-electron chi connectivity index (χ0n) is 14.4. The molecule has 0 aliphatic carbocycles. The van der Waals surface area contributed by atoms with Crippen LogP contribution in [0.2, 0.25) is 0 Å². The summed E-state index contributed by atoms with van der Waals surface area (Å²) in [6, 6.07) is -0.402. The summed E-state index contributed by atoms with van der Waals surface area (Å²) in [5.41, 5.74) is 0.621. The predicted molar refractivity (Wildman–Crippen MR) is 85.4 cm³/mol. The molecule has 1 amide bonds. The zero-order valence-corrected chi connectivity index (χ0v) is 17.2. The van der Waals surface area contributed by atoms with Gasteiger partial charge in [-0.05, 0) is 6.92 Å². The van der Waals surface area contributed by atoms with Crippen LogP contribution >= 0.6 is 11.3 Å². The van der Waals surface area contributed by atoms with Gasteiger partial charge in [0.1, 0.15) is 16.9 Å². The summed E-state index contributed by atoms with van der Waals surface area (Å²) in [7, 11) is 0. The van der Waals surface area contributed by atoms with E-state index in [0.29, 0.717) is 21.6 Å². The molecule has 130 valence electrons. The van der Waals surface area contributed by atoms with Gasteiger partial charge in [-0.3, -0.25) is 14.0 Å². The van der Waals surface area contributed by atoms with Crippen molar-refractivity contribution < 1.29 is 54.2 Å². The molecule has 26 heavy (non-hydrogen) atoms. The first-order chi connectivity index (χ1) is 11.9. The van der Waals surface area contributed by atoms with Crippen LogP contribution in [0, 0.1) is 11.8 Å². The van der Waals surface area contributed by atoms with Crippen molar-refractivity contribution >= 4 is 39.9 Å². The van der Waals surface area contributed by atoms with E-state index in [1.807, 2.05) is 6.92 Å². The van der Waals surface area contributed by atoms with Crippen LogP contribution in [-0.4, -0.2) is 49.7 Å². The first kappa shape index (κ1) is 19.2. The number of thiazole rings is 1. The second-order valence-corrected chi connectivity index (χ2v) is 7.39. The molecule has 4 atom stereocenters. The number of aliphatic hydroxyl groups excluding tert-OH is 1. The Morgan fingerprint density at radius 1 is 1.50 bits per heavy atom. The molecule has 8 nitrogen and oxygen atoms in total. The van der Waals surface area contributed by atoms with Crippen molar-refractivity contribution in [2.24, 2.45) is 11.8 Å². The molecular weight excluding hydrogens is 369 g/mol. The molecule has 4 rings (SSSR count). The molecule has 2 aromatic heterocycles. The summed E-state index contributed by atoms with van der Waals surface area (Å²) in [6.07, 6.45) is 2.96. The Bertz CT molecular complexity index is 962. The molecule has 0 radical (unpaired) electrons. The number of rotatable bonds is 4. The van der Waals surface area contributed by atoms with Gasteiger partial charge >= 0.3 is 29.6 Å². The monoisotopic (exact) mass is 383 g/mol. The van der Waals surface area contributed by atoms with Crippen molar-refractivity contribution in [3.63, 3.8) is 0 Å². The number of aliphatic hydroxyl groups is 1. The molecule has 0 saturated carbocycles. The number of carbonyl (C=O) groups is 3. The molecule has 2 aliphatic heterocycles. The van der Waals surface area contributed by atoms with E-state index in [4.69, 9.17) is 0 Å². The molecule has 0 spiro atoms. The van der Waals surface area contributed by atoms with E-state index >= 15 is 0 Å². The van der Waals surface area contributed by atoms with Gasteiger partial charge in [-0.15, -0.1) is 11.3 Å². The second-order valence-electron chi connectivity index (χ2n) is 6.36. The maximum atomic E-state index is 12.3. The molecule has 1 fully saturated rings. The summed E-state index contributed by atoms with van der Waals surface area (Å²) in [6.45, 7) is 3.36. The normalized spacial score (nSPS) is 25.7. The number of carboxylic acid groups (broad SMARTS) is 1. The Balaban J connectivity index is 0.00000196. The first-order valence-corrected chi connectivity index (χ1v) is 8.57. The van der Waals surface area contributed by atoms with E-state index in [2.05, 4.69) is 4.98 Å². The number of β-lactam (4-membered cyclic amide) rings is 1. The number of aldehydes is 1. The van der Waals surface area contributed by atoms with Gasteiger partial charge < -0.3 is 19.9 Å². The minimum Gasteiger partial charge on any atom is -0.543 e. The van der Waals surface area contributed by atoms with Gasteiger partial charge in [0.15, 0.2) is 6.29 Å². The van der Waals surface area contributed by atoms with E-state index in [0.717, 1.165) is 0 Å². The number of imidazole rings is 1. The van der Waals surface area contributed by atoms with Gasteiger partial charge in [0, 0.05) is 17.7 Å². The van der Waals surface area contributed by atoms with Crippen molar-refractivity contribution in [1.82, 2.24) is 14.3 Å². The van der Waals surface area contributed by atoms with Gasteiger partial charge in [0.2, 0.25) is 5.91 Å². The fraction of sp³-hybridized carbons (Fsp3) is 0.375. The Kier molecular flexibility index (Phi) is 4.87. The van der Waals surface area contributed by atoms with Crippen LogP contribution in [0.5, 0.6) is 0 Å². The van der Waals surface area contributed by atoms with Crippen molar-refractivity contribution in [1.29, 1.82) is 0 Å². The maximum Gasteiger partial charge on any atom is 1.00 e. The molecular formula is C16H14N3NaO5S. The summed E-state index contributed by atoms with van der Waals surface area (Å²) in [4.78, 5) is 41.5. The third-order valence-corrected chi connectivity index (χ3v) is 6.14. The third kappa shape index (κ3) is 2.42. The smallest absolute Gasteiger partial charge is 0.543 e. The number of fused-ring (bicyclic) bond motifs is 2. The molecule has 2 aromatic rings. The minimum absolute atomic E-state index is 0. The third-order valence-electron chi connectivity index (χ3n) is 4.98. The van der Waals surface area contributed by atoms with Crippen LogP contribution in [0.3, 0.4) is 0 Å². The number of hydrogen-bond donors (Lipinski definition) is 1. The van der Waals surface area contributed by atoms with Crippen LogP contribution in [0.4, 0.5) is 0 Å². The van der Waals surface area contributed by atoms with Gasteiger partial charge in [-0.1, -0.05) is 6.92 Å². The van der Waals surface area contributed by atoms with Gasteiger partial charge in [-0.2, -0.15) is 0 Å². The standard InChI is InChI=1S/C16H15N3O5S.Na/c1-6-10(9-3-18-5-17-8(4-20)15(18)25-9)13(16(23)24)19-12(6)11(7(2)21)14(19)22;/h3-7,11-12,21H,1-2H3,(H,23,24);/q;+1/p-1/t6-,7+,11+,12+;/m0./s1. The Labute approximate surface area is 174 Å². The largest absolute Gasteiger partial charge is 1.00 e. The van der Waals surface area contributed by atoms with Crippen LogP contribution in [-0.2, 0) is 9.59 Å². The van der Waals surface area contributed by atoms with Gasteiger partial charge in [0.05, 0.1) is 34.6 Å². The molecule has 2 aliphatic rings. The number of hydrogen-bond acceptors (Lipinski definition) is 7. The first-order valence-electron chi connectivity index (χ1n) is 7.75. The summed E-state index contributed by atoms with van der Waals surface area (Å²) in [5.74, 6) is -2.73. The molecule has 0 unspecified atom stereocenters. The fourth-order valence-corrected chi connectivity index (χ4v) is 5.08. The Morgan fingerprint density at radius 3 is 2.77 bits per heavy atom. The van der Waals surface area contributed by atoms with Gasteiger partial charge in [-0.25, -0.2) is 4.98 Å². The summed E-state index contributed by atoms with van der Waals surface area (Å²) >= 11 is 1.24. The molecule has 0 aromatic carbocycles. The van der Waals surface area contributed by atoms with Crippen molar-refractivity contribution in [3.05, 3.63) is 28.8 Å². The van der Waals surface area contributed by atoms with E-state index in [1.165, 1.54) is 29.5 Å². The predicted octanol–water partition coefficient (Wildman–Crippen LogP) is -3.47. The molecule has 0 bridgehead atoms. The molecule has 1 N–H and O–H groups in total. The number of amides is 1. The van der Waals surface area contributed by atoms with E-state index in [1.54, 1.807) is 10.6 Å². The van der Waals surface area contributed by atoms with Crippen LogP contribution in [0.15, 0.2) is 18.2 Å². The molecule has 4 heterocycles. The van der Waals surface area contributed by atoms with Crippen LogP contribution in [0.1, 0.15) is 29.2 Å². The van der Waals surface area contributed by atoms with E-state index in [-0.39, 0.29) is 46.9 Å². The molecule has 10 heteroatoms. The van der Waals surface area contributed by atoms with E-state index in [9.17, 15) is 24.6 Å². The van der Waals surface area contributed by atoms with Crippen molar-refractivity contribution in [3.8, 4) is 0 Å². The Hall–Kier alpha value is -1.52. The minimum atomic E-state index is -1.42. The maximum absolute atomic E-state index is 12.3. The number of carboxylic acids is 1. The summed E-state index contributed by atoms with van der Waals surface area (Å²) < 4.78 is 1.65. The Morgan fingerprint density at radius 2 is 2.19 bits per heavy atom. The van der Waals surface area contributed by atoms with Crippen LogP contribution < -0.4 is 34.7 Å². The average molecular weight is 383 g/mol. The van der Waals surface area contributed by atoms with Crippen LogP contribution in [0.25, 0.3) is 10.4 Å². The second kappa shape index (κ2) is 6.58. The van der Waals surface area contributed by atoms with Gasteiger partial charge in [0.25, 0.3) is 0 Å². The number of aliphatic carboxylic acids is 1. The SMILES string of the molecule is C[C@@H](O)[C@H]1C(=O)N2C(C(=O)[O-])=C(c3cn4cnc(C=O)c4s3)[C@H](C)[C@H]12.[Na+]. The van der Waals surface area contributed by atoms with Crippen molar-refractivity contribution in [2.75, 3.05) is 0 Å². The summed E-state index contributed by atoms with van der Waals surface area (Å²) in [5, 5.41) is 21.6. The van der Waals surface area contributed by atoms with E-state index < -0.39 is 29.9 Å². The zero-order chi connectivity index (χ0) is 18.0.